The number of aryl methyl sites for hydroxylation is 1. The van der Waals surface area contributed by atoms with Gasteiger partial charge in [0, 0.05) is 30.8 Å². The molecule has 1 atom stereocenters. The number of amides is 3. The molecule has 0 aromatic heterocycles. The zero-order valence-electron chi connectivity index (χ0n) is 18.6. The van der Waals surface area contributed by atoms with Gasteiger partial charge in [0.25, 0.3) is 11.8 Å². The molecule has 170 valence electrons. The molecular weight excluding hydrogens is 409 g/mol. The van der Waals surface area contributed by atoms with Crippen molar-refractivity contribution < 1.29 is 18.8 Å². The lowest BCUT2D eigenvalue weighted by molar-refractivity contribution is -0.124. The van der Waals surface area contributed by atoms with Crippen molar-refractivity contribution >= 4 is 17.7 Å². The van der Waals surface area contributed by atoms with Gasteiger partial charge in [-0.15, -0.1) is 0 Å². The van der Waals surface area contributed by atoms with Crippen LogP contribution in [0, 0.1) is 18.7 Å². The highest BCUT2D eigenvalue weighted by Gasteiger charge is 2.34. The van der Waals surface area contributed by atoms with E-state index in [-0.39, 0.29) is 23.6 Å². The molecule has 32 heavy (non-hydrogen) atoms. The summed E-state index contributed by atoms with van der Waals surface area (Å²) in [6.45, 7) is 5.33. The van der Waals surface area contributed by atoms with Gasteiger partial charge in [0.1, 0.15) is 11.9 Å². The molecule has 1 heterocycles. The maximum Gasteiger partial charge on any atom is 0.253 e. The van der Waals surface area contributed by atoms with Crippen molar-refractivity contribution in [2.45, 2.75) is 39.2 Å². The van der Waals surface area contributed by atoms with Crippen molar-refractivity contribution in [2.75, 3.05) is 19.6 Å². The van der Waals surface area contributed by atoms with Gasteiger partial charge in [-0.3, -0.25) is 14.4 Å². The molecule has 0 radical (unpaired) electrons. The zero-order chi connectivity index (χ0) is 23.1. The third kappa shape index (κ3) is 5.93. The molecule has 3 amide bonds. The molecule has 2 aromatic carbocycles. The highest BCUT2D eigenvalue weighted by atomic mass is 19.1. The van der Waals surface area contributed by atoms with Crippen LogP contribution < -0.4 is 10.6 Å². The second-order valence-electron chi connectivity index (χ2n) is 8.25. The number of likely N-dealkylation sites (tertiary alicyclic amines) is 1. The Kier molecular flexibility index (Phi) is 7.98. The third-order valence-corrected chi connectivity index (χ3v) is 5.80. The summed E-state index contributed by atoms with van der Waals surface area (Å²) in [4.78, 5) is 40.0. The fraction of sp³-hybridized carbons (Fsp3) is 0.400. The minimum atomic E-state index is -0.679. The smallest absolute Gasteiger partial charge is 0.253 e. The summed E-state index contributed by atoms with van der Waals surface area (Å²) in [7, 11) is 0. The normalized spacial score (nSPS) is 15.2. The van der Waals surface area contributed by atoms with Crippen molar-refractivity contribution in [1.82, 2.24) is 15.5 Å². The van der Waals surface area contributed by atoms with Gasteiger partial charge in [-0.05, 0) is 62.4 Å². The Hall–Kier alpha value is -3.22. The molecule has 0 aliphatic carbocycles. The Morgan fingerprint density at radius 3 is 2.38 bits per heavy atom. The number of halogens is 1. The molecule has 1 saturated heterocycles. The van der Waals surface area contributed by atoms with Crippen LogP contribution in [0.4, 0.5) is 4.39 Å². The Labute approximate surface area is 188 Å². The first-order valence-electron chi connectivity index (χ1n) is 11.1. The minimum absolute atomic E-state index is 0.0992. The van der Waals surface area contributed by atoms with E-state index in [1.54, 1.807) is 23.1 Å². The summed E-state index contributed by atoms with van der Waals surface area (Å²) >= 11 is 0. The molecule has 2 aromatic rings. The quantitative estimate of drug-likeness (QED) is 0.695. The van der Waals surface area contributed by atoms with E-state index >= 15 is 0 Å². The molecule has 1 aliphatic rings. The van der Waals surface area contributed by atoms with E-state index in [4.69, 9.17) is 0 Å². The van der Waals surface area contributed by atoms with Crippen LogP contribution in [0.1, 0.15) is 52.5 Å². The van der Waals surface area contributed by atoms with Crippen LogP contribution in [0.5, 0.6) is 0 Å². The molecule has 3 rings (SSSR count). The van der Waals surface area contributed by atoms with E-state index in [0.29, 0.717) is 43.6 Å². The lowest BCUT2D eigenvalue weighted by Gasteiger charge is -2.36. The number of nitrogens with one attached hydrogen (secondary N) is 2. The molecule has 1 aliphatic heterocycles. The number of benzene rings is 2. The molecular formula is C25H30FN3O3. The SMILES string of the molecule is CCCNC(=O)[C@H](NC(=O)c1ccc(C)cc1)C1CCN(C(=O)c2cccc(F)c2)CC1. The average Bonchev–Trinajstić information content (AvgIpc) is 2.81. The lowest BCUT2D eigenvalue weighted by atomic mass is 9.88. The largest absolute Gasteiger partial charge is 0.354 e. The van der Waals surface area contributed by atoms with Crippen LogP contribution in [-0.4, -0.2) is 48.3 Å². The summed E-state index contributed by atoms with van der Waals surface area (Å²) in [6, 6.07) is 12.2. The molecule has 0 spiro atoms. The summed E-state index contributed by atoms with van der Waals surface area (Å²) < 4.78 is 13.5. The first-order chi connectivity index (χ1) is 15.4. The van der Waals surface area contributed by atoms with E-state index in [0.717, 1.165) is 12.0 Å². The van der Waals surface area contributed by atoms with E-state index in [1.807, 2.05) is 26.0 Å². The lowest BCUT2D eigenvalue weighted by Crippen LogP contribution is -2.54. The Balaban J connectivity index is 1.67. The highest BCUT2D eigenvalue weighted by molar-refractivity contribution is 5.97. The zero-order valence-corrected chi connectivity index (χ0v) is 18.6. The van der Waals surface area contributed by atoms with Crippen LogP contribution in [-0.2, 0) is 4.79 Å². The number of hydrogen-bond acceptors (Lipinski definition) is 3. The molecule has 2 N–H and O–H groups in total. The maximum atomic E-state index is 13.5. The van der Waals surface area contributed by atoms with E-state index in [9.17, 15) is 18.8 Å². The topological polar surface area (TPSA) is 78.5 Å². The third-order valence-electron chi connectivity index (χ3n) is 5.80. The molecule has 0 saturated carbocycles. The van der Waals surface area contributed by atoms with Gasteiger partial charge >= 0.3 is 0 Å². The minimum Gasteiger partial charge on any atom is -0.354 e. The van der Waals surface area contributed by atoms with Gasteiger partial charge in [0.05, 0.1) is 0 Å². The summed E-state index contributed by atoms with van der Waals surface area (Å²) in [5.41, 5.74) is 1.87. The fourth-order valence-electron chi connectivity index (χ4n) is 3.93. The second kappa shape index (κ2) is 10.9. The van der Waals surface area contributed by atoms with E-state index in [2.05, 4.69) is 10.6 Å². The van der Waals surface area contributed by atoms with Gasteiger partial charge < -0.3 is 15.5 Å². The van der Waals surface area contributed by atoms with Crippen molar-refractivity contribution in [2.24, 2.45) is 5.92 Å². The van der Waals surface area contributed by atoms with Gasteiger partial charge in [-0.25, -0.2) is 4.39 Å². The van der Waals surface area contributed by atoms with Crippen molar-refractivity contribution in [1.29, 1.82) is 0 Å². The molecule has 6 nitrogen and oxygen atoms in total. The fourth-order valence-corrected chi connectivity index (χ4v) is 3.93. The van der Waals surface area contributed by atoms with Gasteiger partial charge in [0.15, 0.2) is 0 Å². The summed E-state index contributed by atoms with van der Waals surface area (Å²) in [5, 5.41) is 5.80. The van der Waals surface area contributed by atoms with Gasteiger partial charge in [0.2, 0.25) is 5.91 Å². The summed E-state index contributed by atoms with van der Waals surface area (Å²) in [6.07, 6.45) is 1.93. The monoisotopic (exact) mass is 439 g/mol. The van der Waals surface area contributed by atoms with E-state index < -0.39 is 11.9 Å². The predicted octanol–water partition coefficient (Wildman–Crippen LogP) is 3.31. The number of carbonyl (C=O) groups excluding carboxylic acids is 3. The van der Waals surface area contributed by atoms with Gasteiger partial charge in [-0.1, -0.05) is 30.7 Å². The number of nitrogens with zero attached hydrogens (tertiary/aromatic N) is 1. The van der Waals surface area contributed by atoms with Crippen molar-refractivity contribution in [3.8, 4) is 0 Å². The van der Waals surface area contributed by atoms with Crippen LogP contribution in [0.2, 0.25) is 0 Å². The molecule has 0 unspecified atom stereocenters. The highest BCUT2D eigenvalue weighted by Crippen LogP contribution is 2.23. The summed E-state index contributed by atoms with van der Waals surface area (Å²) in [5.74, 6) is -1.27. The number of hydrogen-bond donors (Lipinski definition) is 2. The maximum absolute atomic E-state index is 13.5. The molecule has 7 heteroatoms. The second-order valence-corrected chi connectivity index (χ2v) is 8.25. The van der Waals surface area contributed by atoms with Crippen LogP contribution in [0.25, 0.3) is 0 Å². The Bertz CT molecular complexity index is 953. The van der Waals surface area contributed by atoms with Crippen LogP contribution >= 0.6 is 0 Å². The van der Waals surface area contributed by atoms with Gasteiger partial charge in [-0.2, -0.15) is 0 Å². The number of rotatable bonds is 7. The van der Waals surface area contributed by atoms with Crippen molar-refractivity contribution in [3.05, 3.63) is 71.0 Å². The van der Waals surface area contributed by atoms with Crippen LogP contribution in [0.15, 0.2) is 48.5 Å². The predicted molar refractivity (Wildman–Crippen MR) is 121 cm³/mol. The van der Waals surface area contributed by atoms with Crippen molar-refractivity contribution in [3.63, 3.8) is 0 Å². The molecule has 0 bridgehead atoms. The Morgan fingerprint density at radius 2 is 1.75 bits per heavy atom. The number of carbonyl (C=O) groups is 3. The van der Waals surface area contributed by atoms with E-state index in [1.165, 1.54) is 18.2 Å². The first kappa shape index (κ1) is 23.4. The number of piperidine rings is 1. The Morgan fingerprint density at radius 1 is 1.06 bits per heavy atom. The molecule has 1 fully saturated rings. The first-order valence-corrected chi connectivity index (χ1v) is 11.1. The average molecular weight is 440 g/mol. The standard InChI is InChI=1S/C25H30FN3O3/c1-3-13-27-24(31)22(28-23(30)19-9-7-17(2)8-10-19)18-11-14-29(15-12-18)25(32)20-5-4-6-21(26)16-20/h4-10,16,18,22H,3,11-15H2,1-2H3,(H,27,31)(H,28,30)/t22-/m1/s1. The van der Waals surface area contributed by atoms with Crippen LogP contribution in [0.3, 0.4) is 0 Å².